The molecule has 1 fully saturated rings. The maximum absolute atomic E-state index is 10.5. The Hall–Kier alpha value is -0.320. The molecule has 2 unspecified atom stereocenters. The quantitative estimate of drug-likeness (QED) is 0.0621. The van der Waals surface area contributed by atoms with Crippen molar-refractivity contribution in [3.63, 3.8) is 0 Å². The molecular weight excluding hydrogens is 725 g/mol. The second kappa shape index (κ2) is 40.7. The van der Waals surface area contributed by atoms with Gasteiger partial charge in [0.05, 0.1) is 52.9 Å². The van der Waals surface area contributed by atoms with Gasteiger partial charge in [-0.3, -0.25) is 9.80 Å². The highest BCUT2D eigenvalue weighted by Gasteiger charge is 2.27. The first-order chi connectivity index (χ1) is 28.4. The summed E-state index contributed by atoms with van der Waals surface area (Å²) in [6.45, 7) is 19.4. The average Bonchev–Trinajstić information content (AvgIpc) is 3.22. The Labute approximate surface area is 361 Å². The fourth-order valence-corrected chi connectivity index (χ4v) is 8.59. The van der Waals surface area contributed by atoms with E-state index in [2.05, 4.69) is 37.5 Å². The van der Waals surface area contributed by atoms with Crippen LogP contribution in [-0.4, -0.2) is 125 Å². The molecule has 0 saturated carbocycles. The summed E-state index contributed by atoms with van der Waals surface area (Å²) in [6, 6.07) is 0. The van der Waals surface area contributed by atoms with E-state index in [0.29, 0.717) is 52.9 Å². The highest BCUT2D eigenvalue weighted by Crippen LogP contribution is 2.27. The van der Waals surface area contributed by atoms with E-state index in [-0.39, 0.29) is 24.0 Å². The third kappa shape index (κ3) is 34.3. The highest BCUT2D eigenvalue weighted by atomic mass is 16.5. The molecule has 8 heteroatoms. The fraction of sp³-hybridized carbons (Fsp3) is 1.00. The van der Waals surface area contributed by atoms with Crippen LogP contribution >= 0.6 is 0 Å². The molecule has 1 heterocycles. The molecule has 0 aliphatic carbocycles. The Bertz CT molecular complexity index is 752. The van der Waals surface area contributed by atoms with Crippen LogP contribution in [0.25, 0.3) is 0 Å². The van der Waals surface area contributed by atoms with Crippen molar-refractivity contribution in [2.45, 2.75) is 207 Å². The van der Waals surface area contributed by atoms with E-state index >= 15 is 0 Å². The Morgan fingerprint density at radius 2 is 0.569 bits per heavy atom. The topological polar surface area (TPSA) is 83.9 Å². The molecule has 348 valence electrons. The number of unbranched alkanes of at least 4 members (excludes halogenated alkanes) is 24. The van der Waals surface area contributed by atoms with E-state index < -0.39 is 0 Å². The lowest BCUT2D eigenvalue weighted by Crippen LogP contribution is -2.42. The minimum Gasteiger partial charge on any atom is -0.396 e. The van der Waals surface area contributed by atoms with E-state index in [1.165, 1.54) is 167 Å². The summed E-state index contributed by atoms with van der Waals surface area (Å²) in [7, 11) is 0. The molecule has 2 N–H and O–H groups in total. The van der Waals surface area contributed by atoms with Gasteiger partial charge in [-0.2, -0.15) is 0 Å². The second-order valence-corrected chi connectivity index (χ2v) is 18.9. The van der Waals surface area contributed by atoms with Crippen molar-refractivity contribution >= 4 is 0 Å². The largest absolute Gasteiger partial charge is 0.396 e. The lowest BCUT2D eigenvalue weighted by atomic mass is 9.84. The first kappa shape index (κ1) is 55.7. The van der Waals surface area contributed by atoms with Crippen molar-refractivity contribution in [2.24, 2.45) is 10.8 Å². The molecule has 0 aromatic rings. The van der Waals surface area contributed by atoms with Gasteiger partial charge in [0.15, 0.2) is 0 Å². The van der Waals surface area contributed by atoms with Crippen molar-refractivity contribution in [3.05, 3.63) is 0 Å². The summed E-state index contributed by atoms with van der Waals surface area (Å²) < 4.78 is 24.2. The van der Waals surface area contributed by atoms with E-state index in [1.807, 2.05) is 0 Å². The third-order valence-electron chi connectivity index (χ3n) is 12.7. The van der Waals surface area contributed by atoms with E-state index in [0.717, 1.165) is 52.1 Å². The molecule has 1 aliphatic rings. The molecule has 1 aliphatic heterocycles. The van der Waals surface area contributed by atoms with Crippen LogP contribution < -0.4 is 0 Å². The van der Waals surface area contributed by atoms with Gasteiger partial charge in [0.2, 0.25) is 0 Å². The van der Waals surface area contributed by atoms with E-state index in [9.17, 15) is 10.2 Å². The predicted octanol–water partition coefficient (Wildman–Crippen LogP) is 11.6. The van der Waals surface area contributed by atoms with Gasteiger partial charge >= 0.3 is 0 Å². The van der Waals surface area contributed by atoms with Crippen molar-refractivity contribution in [1.82, 2.24) is 9.80 Å². The molecule has 0 radical (unpaired) electrons. The maximum atomic E-state index is 10.5. The molecule has 1 rings (SSSR count). The summed E-state index contributed by atoms with van der Waals surface area (Å²) in [5.74, 6) is 0. The zero-order valence-electron chi connectivity index (χ0n) is 39.5. The number of nitrogens with zero attached hydrogens (tertiary/aromatic N) is 2. The second-order valence-electron chi connectivity index (χ2n) is 18.9. The molecule has 0 aromatic carbocycles. The molecule has 8 nitrogen and oxygen atoms in total. The van der Waals surface area contributed by atoms with E-state index in [1.54, 1.807) is 0 Å². The first-order valence-electron chi connectivity index (χ1n) is 25.4. The SMILES string of the molecule is CCCCCCCCCCCCCCCC(C)(CO)CN1CCOCCOCCN(CC(C)(CO)CCCCCCCCCCCCCCC)CCOCCOCC1. The van der Waals surface area contributed by atoms with Gasteiger partial charge in [-0.05, 0) is 12.8 Å². The Morgan fingerprint density at radius 1 is 0.345 bits per heavy atom. The predicted molar refractivity (Wildman–Crippen MR) is 247 cm³/mol. The van der Waals surface area contributed by atoms with Crippen LogP contribution in [0.15, 0.2) is 0 Å². The standard InChI is InChI=1S/C50H102N2O6/c1-5-7-9-11-13-15-17-19-21-23-25-27-29-31-49(3,47-53)45-51-33-37-55-41-43-57-39-35-52(36-40-58-44-42-56-38-34-51)46-50(4,48-54)32-30-28-26-24-22-20-18-16-14-12-10-8-6-2/h53-54H,5-48H2,1-4H3. The molecule has 0 spiro atoms. The lowest BCUT2D eigenvalue weighted by molar-refractivity contribution is -0.00835. The summed E-state index contributed by atoms with van der Waals surface area (Å²) >= 11 is 0. The number of aliphatic hydroxyl groups is 2. The van der Waals surface area contributed by atoms with Crippen LogP contribution in [0.3, 0.4) is 0 Å². The van der Waals surface area contributed by atoms with Gasteiger partial charge in [0.25, 0.3) is 0 Å². The minimum atomic E-state index is -0.120. The van der Waals surface area contributed by atoms with Crippen LogP contribution in [0.1, 0.15) is 207 Å². The van der Waals surface area contributed by atoms with Crippen molar-refractivity contribution in [2.75, 3.05) is 105 Å². The molecule has 58 heavy (non-hydrogen) atoms. The van der Waals surface area contributed by atoms with Gasteiger partial charge in [0, 0.05) is 63.3 Å². The van der Waals surface area contributed by atoms with Crippen LogP contribution in [0.4, 0.5) is 0 Å². The number of ether oxygens (including phenoxy) is 4. The summed E-state index contributed by atoms with van der Waals surface area (Å²) in [5, 5.41) is 20.9. The van der Waals surface area contributed by atoms with Crippen LogP contribution in [-0.2, 0) is 18.9 Å². The zero-order chi connectivity index (χ0) is 42.1. The van der Waals surface area contributed by atoms with Gasteiger partial charge in [0.1, 0.15) is 0 Å². The molecule has 2 atom stereocenters. The van der Waals surface area contributed by atoms with Crippen molar-refractivity contribution < 1.29 is 29.2 Å². The van der Waals surface area contributed by atoms with Gasteiger partial charge in [-0.15, -0.1) is 0 Å². The number of rotatable bonds is 34. The van der Waals surface area contributed by atoms with Gasteiger partial charge in [-0.25, -0.2) is 0 Å². The Balaban J connectivity index is 2.35. The monoisotopic (exact) mass is 827 g/mol. The lowest BCUT2D eigenvalue weighted by Gasteiger charge is -2.35. The molecule has 0 bridgehead atoms. The fourth-order valence-electron chi connectivity index (χ4n) is 8.59. The Kier molecular flexibility index (Phi) is 39.1. The zero-order valence-corrected chi connectivity index (χ0v) is 39.5. The normalized spacial score (nSPS) is 18.7. The summed E-state index contributed by atoms with van der Waals surface area (Å²) in [4.78, 5) is 4.83. The van der Waals surface area contributed by atoms with Crippen molar-refractivity contribution in [3.8, 4) is 0 Å². The molecule has 0 amide bonds. The highest BCUT2D eigenvalue weighted by molar-refractivity contribution is 4.80. The summed E-state index contributed by atoms with van der Waals surface area (Å²) in [5.41, 5.74) is -0.239. The molecule has 0 aromatic heterocycles. The first-order valence-corrected chi connectivity index (χ1v) is 25.4. The summed E-state index contributed by atoms with van der Waals surface area (Å²) in [6.07, 6.45) is 37.5. The minimum absolute atomic E-state index is 0.120. The number of hydrogen-bond acceptors (Lipinski definition) is 8. The van der Waals surface area contributed by atoms with E-state index in [4.69, 9.17) is 18.9 Å². The Morgan fingerprint density at radius 3 is 0.793 bits per heavy atom. The van der Waals surface area contributed by atoms with Gasteiger partial charge < -0.3 is 29.2 Å². The number of hydrogen-bond donors (Lipinski definition) is 2. The molecule has 1 saturated heterocycles. The number of aliphatic hydroxyl groups excluding tert-OH is 2. The smallest absolute Gasteiger partial charge is 0.0701 e. The van der Waals surface area contributed by atoms with Gasteiger partial charge in [-0.1, -0.05) is 195 Å². The molecular formula is C50H102N2O6. The average molecular weight is 827 g/mol. The van der Waals surface area contributed by atoms with Crippen LogP contribution in [0.5, 0.6) is 0 Å². The van der Waals surface area contributed by atoms with Crippen LogP contribution in [0, 0.1) is 10.8 Å². The van der Waals surface area contributed by atoms with Crippen LogP contribution in [0.2, 0.25) is 0 Å². The third-order valence-corrected chi connectivity index (χ3v) is 12.7. The maximum Gasteiger partial charge on any atom is 0.0701 e. The van der Waals surface area contributed by atoms with Crippen molar-refractivity contribution in [1.29, 1.82) is 0 Å².